The van der Waals surface area contributed by atoms with Gasteiger partial charge in [-0.3, -0.25) is 0 Å². The molecule has 2 aromatic carbocycles. The summed E-state index contributed by atoms with van der Waals surface area (Å²) >= 11 is 3.24. The zero-order valence-corrected chi connectivity index (χ0v) is 16.9. The summed E-state index contributed by atoms with van der Waals surface area (Å²) in [7, 11) is -7.32. The smallest absolute Gasteiger partial charge is 0.209 e. The Morgan fingerprint density at radius 2 is 1.52 bits per heavy atom. The number of sulfonamides is 2. The Kier molecular flexibility index (Phi) is 6.39. The predicted molar refractivity (Wildman–Crippen MR) is 100 cm³/mol. The van der Waals surface area contributed by atoms with Gasteiger partial charge in [-0.05, 0) is 49.7 Å². The molecule has 0 spiro atoms. The predicted octanol–water partition coefficient (Wildman–Crippen LogP) is 2.61. The molecule has 0 aliphatic carbocycles. The molecule has 0 heterocycles. The van der Waals surface area contributed by atoms with Crippen molar-refractivity contribution in [1.29, 1.82) is 0 Å². The lowest BCUT2D eigenvalue weighted by Gasteiger charge is -2.11. The Bertz CT molecular complexity index is 958. The summed E-state index contributed by atoms with van der Waals surface area (Å²) < 4.78 is 54.7. The SMILES string of the molecule is CC(C)NS(=O)(=O)c1cccc(CNS(=O)(=O)c2cccc(Br)c2)c1. The van der Waals surface area contributed by atoms with E-state index in [1.54, 1.807) is 38.1 Å². The fourth-order valence-electron chi connectivity index (χ4n) is 2.10. The summed E-state index contributed by atoms with van der Waals surface area (Å²) in [5.41, 5.74) is 0.546. The molecule has 136 valence electrons. The monoisotopic (exact) mass is 446 g/mol. The summed E-state index contributed by atoms with van der Waals surface area (Å²) in [6.45, 7) is 3.45. The maximum absolute atomic E-state index is 12.3. The highest BCUT2D eigenvalue weighted by Crippen LogP contribution is 2.17. The van der Waals surface area contributed by atoms with Crippen LogP contribution in [0.4, 0.5) is 0 Å². The minimum atomic E-state index is -3.69. The third-order valence-electron chi connectivity index (χ3n) is 3.17. The third-order valence-corrected chi connectivity index (χ3v) is 6.72. The number of rotatable bonds is 7. The molecule has 0 unspecified atom stereocenters. The van der Waals surface area contributed by atoms with Crippen molar-refractivity contribution in [3.05, 3.63) is 58.6 Å². The number of hydrogen-bond donors (Lipinski definition) is 2. The van der Waals surface area contributed by atoms with Gasteiger partial charge in [0.25, 0.3) is 0 Å². The average molecular weight is 447 g/mol. The van der Waals surface area contributed by atoms with Gasteiger partial charge in [-0.15, -0.1) is 0 Å². The second-order valence-corrected chi connectivity index (χ2v) is 10.1. The summed E-state index contributed by atoms with van der Waals surface area (Å²) in [5, 5.41) is 0. The molecule has 0 fully saturated rings. The van der Waals surface area contributed by atoms with Crippen molar-refractivity contribution in [2.75, 3.05) is 0 Å². The van der Waals surface area contributed by atoms with Gasteiger partial charge >= 0.3 is 0 Å². The van der Waals surface area contributed by atoms with E-state index in [1.165, 1.54) is 24.3 Å². The molecule has 0 aliphatic rings. The molecule has 0 atom stereocenters. The van der Waals surface area contributed by atoms with E-state index < -0.39 is 20.0 Å². The van der Waals surface area contributed by atoms with Crippen LogP contribution in [0.5, 0.6) is 0 Å². The van der Waals surface area contributed by atoms with E-state index in [1.807, 2.05) is 0 Å². The summed E-state index contributed by atoms with van der Waals surface area (Å²) in [6.07, 6.45) is 0. The van der Waals surface area contributed by atoms with Gasteiger partial charge in [0, 0.05) is 17.1 Å². The van der Waals surface area contributed by atoms with Crippen LogP contribution in [0.25, 0.3) is 0 Å². The van der Waals surface area contributed by atoms with Crippen LogP contribution in [0.2, 0.25) is 0 Å². The van der Waals surface area contributed by atoms with Crippen LogP contribution in [-0.4, -0.2) is 22.9 Å². The molecule has 6 nitrogen and oxygen atoms in total. The zero-order chi connectivity index (χ0) is 18.7. The van der Waals surface area contributed by atoms with Crippen molar-refractivity contribution in [3.8, 4) is 0 Å². The summed E-state index contributed by atoms with van der Waals surface area (Å²) in [5.74, 6) is 0. The fourth-order valence-corrected chi connectivity index (χ4v) is 5.03. The second kappa shape index (κ2) is 7.96. The van der Waals surface area contributed by atoms with Gasteiger partial charge in [0.15, 0.2) is 0 Å². The van der Waals surface area contributed by atoms with Crippen molar-refractivity contribution in [3.63, 3.8) is 0 Å². The van der Waals surface area contributed by atoms with Gasteiger partial charge in [-0.2, -0.15) is 0 Å². The molecule has 0 saturated heterocycles. The van der Waals surface area contributed by atoms with Crippen LogP contribution in [0.15, 0.2) is 62.8 Å². The Morgan fingerprint density at radius 3 is 2.12 bits per heavy atom. The molecule has 2 rings (SSSR count). The quantitative estimate of drug-likeness (QED) is 0.683. The van der Waals surface area contributed by atoms with Crippen molar-refractivity contribution < 1.29 is 16.8 Å². The second-order valence-electron chi connectivity index (χ2n) is 5.71. The van der Waals surface area contributed by atoms with Gasteiger partial charge < -0.3 is 0 Å². The van der Waals surface area contributed by atoms with Gasteiger partial charge in [0.05, 0.1) is 9.79 Å². The molecular formula is C16H19BrN2O4S2. The van der Waals surface area contributed by atoms with E-state index in [-0.39, 0.29) is 22.4 Å². The van der Waals surface area contributed by atoms with Crippen molar-refractivity contribution in [2.45, 2.75) is 36.2 Å². The molecule has 9 heteroatoms. The maximum atomic E-state index is 12.3. The van der Waals surface area contributed by atoms with Gasteiger partial charge in [-0.25, -0.2) is 26.3 Å². The van der Waals surface area contributed by atoms with E-state index in [9.17, 15) is 16.8 Å². The van der Waals surface area contributed by atoms with E-state index in [2.05, 4.69) is 25.4 Å². The van der Waals surface area contributed by atoms with Gasteiger partial charge in [-0.1, -0.05) is 34.1 Å². The summed E-state index contributed by atoms with van der Waals surface area (Å²) in [6, 6.07) is 12.3. The molecule has 0 bridgehead atoms. The van der Waals surface area contributed by atoms with Gasteiger partial charge in [0.1, 0.15) is 0 Å². The molecule has 2 aromatic rings. The average Bonchev–Trinajstić information content (AvgIpc) is 2.52. The molecule has 0 aliphatic heterocycles. The van der Waals surface area contributed by atoms with Crippen LogP contribution in [-0.2, 0) is 26.6 Å². The minimum Gasteiger partial charge on any atom is -0.209 e. The number of nitrogens with one attached hydrogen (secondary N) is 2. The molecular weight excluding hydrogens is 428 g/mol. The van der Waals surface area contributed by atoms with E-state index in [4.69, 9.17) is 0 Å². The standard InChI is InChI=1S/C16H19BrN2O4S2/c1-12(2)19-25(22,23)15-7-3-5-13(9-15)11-18-24(20,21)16-8-4-6-14(17)10-16/h3-10,12,18-19H,11H2,1-2H3. The first-order valence-electron chi connectivity index (χ1n) is 7.47. The van der Waals surface area contributed by atoms with Gasteiger partial charge in [0.2, 0.25) is 20.0 Å². The largest absolute Gasteiger partial charge is 0.240 e. The van der Waals surface area contributed by atoms with Crippen molar-refractivity contribution in [2.24, 2.45) is 0 Å². The first-order valence-corrected chi connectivity index (χ1v) is 11.2. The lowest BCUT2D eigenvalue weighted by Crippen LogP contribution is -2.30. The number of benzene rings is 2. The Balaban J connectivity index is 2.18. The Hall–Kier alpha value is -1.26. The first kappa shape index (κ1) is 20.1. The van der Waals surface area contributed by atoms with Crippen LogP contribution >= 0.6 is 15.9 Å². The highest BCUT2D eigenvalue weighted by Gasteiger charge is 2.17. The Labute approximate surface area is 156 Å². The van der Waals surface area contributed by atoms with E-state index in [0.29, 0.717) is 10.0 Å². The third kappa shape index (κ3) is 5.61. The molecule has 0 aromatic heterocycles. The molecule has 0 radical (unpaired) electrons. The lowest BCUT2D eigenvalue weighted by molar-refractivity contribution is 0.569. The summed E-state index contributed by atoms with van der Waals surface area (Å²) in [4.78, 5) is 0.229. The zero-order valence-electron chi connectivity index (χ0n) is 13.7. The van der Waals surface area contributed by atoms with Crippen molar-refractivity contribution in [1.82, 2.24) is 9.44 Å². The molecule has 25 heavy (non-hydrogen) atoms. The minimum absolute atomic E-state index is 0.0140. The topological polar surface area (TPSA) is 92.3 Å². The molecule has 2 N–H and O–H groups in total. The van der Waals surface area contributed by atoms with E-state index >= 15 is 0 Å². The highest BCUT2D eigenvalue weighted by molar-refractivity contribution is 9.10. The maximum Gasteiger partial charge on any atom is 0.240 e. The molecule has 0 saturated carbocycles. The fraction of sp³-hybridized carbons (Fsp3) is 0.250. The van der Waals surface area contributed by atoms with Crippen molar-refractivity contribution >= 4 is 36.0 Å². The lowest BCUT2D eigenvalue weighted by atomic mass is 10.2. The first-order chi connectivity index (χ1) is 11.6. The highest BCUT2D eigenvalue weighted by atomic mass is 79.9. The Morgan fingerprint density at radius 1 is 0.920 bits per heavy atom. The van der Waals surface area contributed by atoms with Crippen LogP contribution < -0.4 is 9.44 Å². The van der Waals surface area contributed by atoms with Crippen LogP contribution in [0, 0.1) is 0 Å². The molecule has 0 amide bonds. The number of halogens is 1. The van der Waals surface area contributed by atoms with Crippen LogP contribution in [0.3, 0.4) is 0 Å². The normalized spacial score (nSPS) is 12.5. The van der Waals surface area contributed by atoms with E-state index in [0.717, 1.165) is 0 Å². The van der Waals surface area contributed by atoms with Crippen LogP contribution in [0.1, 0.15) is 19.4 Å². The number of hydrogen-bond acceptors (Lipinski definition) is 4.